The summed E-state index contributed by atoms with van der Waals surface area (Å²) >= 11 is 0. The maximum atomic E-state index is 12.9. The van der Waals surface area contributed by atoms with Crippen molar-refractivity contribution in [2.24, 2.45) is 0 Å². The van der Waals surface area contributed by atoms with E-state index in [1.807, 2.05) is 0 Å². The highest BCUT2D eigenvalue weighted by atomic mass is 31.2. The number of allylic oxidation sites excluding steroid dienone is 6. The zero-order chi connectivity index (χ0) is 51.3. The minimum atomic E-state index is -4.74. The zero-order valence-corrected chi connectivity index (χ0v) is 46.1. The lowest BCUT2D eigenvalue weighted by Crippen LogP contribution is -2.30. The molecule has 0 aliphatic rings. The molecule has 0 fully saturated rings. The second-order valence-corrected chi connectivity index (χ2v) is 20.9. The largest absolute Gasteiger partial charge is 0.472 e. The van der Waals surface area contributed by atoms with E-state index in [1.54, 1.807) is 0 Å². The molecule has 0 saturated heterocycles. The van der Waals surface area contributed by atoms with Crippen LogP contribution in [-0.2, 0) is 42.2 Å². The standard InChI is InChI=1S/C58H107O11P/c1-4-7-10-13-16-19-21-23-25-26-27-28-30-31-33-36-38-41-44-47-56(60)65-51-55(69-58(62)49-46-43-40-37-34-32-29-24-22-20-17-14-11-8-5-2)53-67-70(63,64)66-52-54(50-59)68-57(61)48-45-42-39-35-18-15-12-9-6-3/h16,19,23,25,27-28,54-55,59H,4-15,17-18,20-22,24,26,29-53H2,1-3H3,(H,63,64)/b19-16-,25-23-,28-27-. The number of phosphoric ester groups is 1. The summed E-state index contributed by atoms with van der Waals surface area (Å²) in [5.74, 6) is -1.46. The van der Waals surface area contributed by atoms with Crippen molar-refractivity contribution in [1.29, 1.82) is 0 Å². The van der Waals surface area contributed by atoms with Crippen LogP contribution in [0.1, 0.15) is 278 Å². The van der Waals surface area contributed by atoms with E-state index in [1.165, 1.54) is 128 Å². The summed E-state index contributed by atoms with van der Waals surface area (Å²) in [4.78, 5) is 48.4. The molecule has 0 aliphatic carbocycles. The normalized spacial score (nSPS) is 13.6. The summed E-state index contributed by atoms with van der Waals surface area (Å²) < 4.78 is 39.4. The Labute approximate surface area is 429 Å². The third kappa shape index (κ3) is 50.6. The van der Waals surface area contributed by atoms with Crippen LogP contribution in [0.3, 0.4) is 0 Å². The lowest BCUT2D eigenvalue weighted by atomic mass is 10.0. The number of carbonyl (C=O) groups is 3. The van der Waals surface area contributed by atoms with Crippen molar-refractivity contribution in [3.05, 3.63) is 36.5 Å². The van der Waals surface area contributed by atoms with Crippen molar-refractivity contribution in [1.82, 2.24) is 0 Å². The van der Waals surface area contributed by atoms with Gasteiger partial charge in [-0.15, -0.1) is 0 Å². The number of carbonyl (C=O) groups excluding carboxylic acids is 3. The number of ether oxygens (including phenoxy) is 3. The quantitative estimate of drug-likeness (QED) is 0.0197. The Balaban J connectivity index is 4.70. The molecule has 3 atom stereocenters. The Morgan fingerprint density at radius 2 is 0.700 bits per heavy atom. The highest BCUT2D eigenvalue weighted by Gasteiger charge is 2.28. The van der Waals surface area contributed by atoms with Crippen molar-refractivity contribution in [3.8, 4) is 0 Å². The predicted octanol–water partition coefficient (Wildman–Crippen LogP) is 16.8. The Morgan fingerprint density at radius 3 is 1.10 bits per heavy atom. The highest BCUT2D eigenvalue weighted by molar-refractivity contribution is 7.47. The van der Waals surface area contributed by atoms with Gasteiger partial charge in [0.25, 0.3) is 0 Å². The first-order chi connectivity index (χ1) is 34.2. The minimum absolute atomic E-state index is 0.170. The summed E-state index contributed by atoms with van der Waals surface area (Å²) in [6, 6.07) is 0. The van der Waals surface area contributed by atoms with Crippen LogP contribution in [-0.4, -0.2) is 66.5 Å². The van der Waals surface area contributed by atoms with Gasteiger partial charge in [-0.1, -0.05) is 237 Å². The predicted molar refractivity (Wildman–Crippen MR) is 289 cm³/mol. The first-order valence-electron chi connectivity index (χ1n) is 28.9. The van der Waals surface area contributed by atoms with Crippen molar-refractivity contribution in [3.63, 3.8) is 0 Å². The molecule has 0 saturated carbocycles. The molecule has 0 aliphatic heterocycles. The molecule has 0 aromatic rings. The summed E-state index contributed by atoms with van der Waals surface area (Å²) in [7, 11) is -4.74. The summed E-state index contributed by atoms with van der Waals surface area (Å²) in [5, 5.41) is 9.77. The van der Waals surface area contributed by atoms with Crippen molar-refractivity contribution in [2.75, 3.05) is 26.4 Å². The topological polar surface area (TPSA) is 155 Å². The molecule has 12 heteroatoms. The summed E-state index contributed by atoms with van der Waals surface area (Å²) in [6.45, 7) is 4.61. The van der Waals surface area contributed by atoms with Crippen LogP contribution in [0, 0.1) is 0 Å². The molecule has 0 heterocycles. The molecule has 0 spiro atoms. The molecule has 0 rings (SSSR count). The summed E-state index contributed by atoms with van der Waals surface area (Å²) in [5.41, 5.74) is 0. The van der Waals surface area contributed by atoms with Crippen LogP contribution < -0.4 is 0 Å². The van der Waals surface area contributed by atoms with Gasteiger partial charge >= 0.3 is 25.7 Å². The molecular formula is C58H107O11P. The van der Waals surface area contributed by atoms with E-state index in [0.717, 1.165) is 89.9 Å². The number of hydrogen-bond acceptors (Lipinski definition) is 10. The van der Waals surface area contributed by atoms with E-state index >= 15 is 0 Å². The number of hydrogen-bond donors (Lipinski definition) is 2. The molecule has 0 bridgehead atoms. The van der Waals surface area contributed by atoms with Gasteiger partial charge in [-0.3, -0.25) is 23.4 Å². The Morgan fingerprint density at radius 1 is 0.400 bits per heavy atom. The average Bonchev–Trinajstić information content (AvgIpc) is 3.35. The summed E-state index contributed by atoms with van der Waals surface area (Å²) in [6.07, 6.45) is 53.9. The molecule has 70 heavy (non-hydrogen) atoms. The molecule has 3 unspecified atom stereocenters. The lowest BCUT2D eigenvalue weighted by Gasteiger charge is -2.21. The van der Waals surface area contributed by atoms with Crippen LogP contribution in [0.25, 0.3) is 0 Å². The monoisotopic (exact) mass is 1010 g/mol. The van der Waals surface area contributed by atoms with E-state index in [4.69, 9.17) is 23.3 Å². The average molecular weight is 1010 g/mol. The van der Waals surface area contributed by atoms with Crippen molar-refractivity contribution in [2.45, 2.75) is 290 Å². The minimum Gasteiger partial charge on any atom is -0.462 e. The Bertz CT molecular complexity index is 1320. The van der Waals surface area contributed by atoms with E-state index < -0.39 is 57.8 Å². The molecule has 0 aromatic heterocycles. The number of esters is 3. The number of aliphatic hydroxyl groups excluding tert-OH is 1. The second-order valence-electron chi connectivity index (χ2n) is 19.5. The van der Waals surface area contributed by atoms with Gasteiger partial charge in [-0.25, -0.2) is 4.57 Å². The fourth-order valence-electron chi connectivity index (χ4n) is 8.13. The van der Waals surface area contributed by atoms with Crippen molar-refractivity contribution < 1.29 is 52.2 Å². The molecule has 2 N–H and O–H groups in total. The number of phosphoric acid groups is 1. The molecule has 0 aromatic carbocycles. The lowest BCUT2D eigenvalue weighted by molar-refractivity contribution is -0.161. The molecule has 11 nitrogen and oxygen atoms in total. The van der Waals surface area contributed by atoms with Gasteiger partial charge in [-0.2, -0.15) is 0 Å². The van der Waals surface area contributed by atoms with Gasteiger partial charge in [0.15, 0.2) is 6.10 Å². The van der Waals surface area contributed by atoms with Gasteiger partial charge in [0.2, 0.25) is 0 Å². The first-order valence-corrected chi connectivity index (χ1v) is 30.4. The second kappa shape index (κ2) is 53.0. The number of rotatable bonds is 54. The van der Waals surface area contributed by atoms with Crippen LogP contribution in [0.2, 0.25) is 0 Å². The van der Waals surface area contributed by atoms with Gasteiger partial charge in [0, 0.05) is 19.3 Å². The van der Waals surface area contributed by atoms with Crippen LogP contribution >= 0.6 is 7.82 Å². The maximum absolute atomic E-state index is 12.9. The fraction of sp³-hybridized carbons (Fsp3) is 0.845. The smallest absolute Gasteiger partial charge is 0.462 e. The fourth-order valence-corrected chi connectivity index (χ4v) is 8.91. The molecule has 410 valence electrons. The van der Waals surface area contributed by atoms with Crippen molar-refractivity contribution >= 4 is 25.7 Å². The third-order valence-electron chi connectivity index (χ3n) is 12.6. The van der Waals surface area contributed by atoms with Crippen LogP contribution in [0.5, 0.6) is 0 Å². The number of aliphatic hydroxyl groups is 1. The van der Waals surface area contributed by atoms with E-state index in [2.05, 4.69) is 57.2 Å². The van der Waals surface area contributed by atoms with E-state index in [0.29, 0.717) is 19.3 Å². The Hall–Kier alpha value is -2.30. The first kappa shape index (κ1) is 67.7. The molecule has 0 radical (unpaired) electrons. The molecule has 0 amide bonds. The van der Waals surface area contributed by atoms with Gasteiger partial charge < -0.3 is 24.2 Å². The SMILES string of the molecule is CCCCC/C=C\C/C=C\C/C=C\CCCCCCCCC(=O)OCC(COP(=O)(O)OCC(CO)OC(=O)CCCCCCCCCCC)OC(=O)CCCCCCCCCCCCCCCCC. The van der Waals surface area contributed by atoms with Gasteiger partial charge in [0.05, 0.1) is 19.8 Å². The third-order valence-corrected chi connectivity index (χ3v) is 13.5. The maximum Gasteiger partial charge on any atom is 0.472 e. The highest BCUT2D eigenvalue weighted by Crippen LogP contribution is 2.43. The zero-order valence-electron chi connectivity index (χ0n) is 45.2. The van der Waals surface area contributed by atoms with Crippen LogP contribution in [0.4, 0.5) is 0 Å². The van der Waals surface area contributed by atoms with E-state index in [-0.39, 0.29) is 25.9 Å². The van der Waals surface area contributed by atoms with E-state index in [9.17, 15) is 28.9 Å². The van der Waals surface area contributed by atoms with Crippen LogP contribution in [0.15, 0.2) is 36.5 Å². The van der Waals surface area contributed by atoms with Gasteiger partial charge in [-0.05, 0) is 57.8 Å². The number of unbranched alkanes of at least 4 members (excludes halogenated alkanes) is 31. The molecular weight excluding hydrogens is 904 g/mol. The van der Waals surface area contributed by atoms with Gasteiger partial charge in [0.1, 0.15) is 12.7 Å². The Kier molecular flexibility index (Phi) is 51.3.